The summed E-state index contributed by atoms with van der Waals surface area (Å²) in [6, 6.07) is 5.90. The van der Waals surface area contributed by atoms with E-state index in [-0.39, 0.29) is 22.9 Å². The fraction of sp³-hybridized carbons (Fsp3) is 0.588. The van der Waals surface area contributed by atoms with Gasteiger partial charge >= 0.3 is 0 Å². The van der Waals surface area contributed by atoms with Gasteiger partial charge in [-0.25, -0.2) is 13.1 Å². The minimum absolute atomic E-state index is 0.00602. The molecule has 0 spiro atoms. The van der Waals surface area contributed by atoms with Crippen molar-refractivity contribution in [2.24, 2.45) is 0 Å². The Hall–Kier alpha value is -1.48. The van der Waals surface area contributed by atoms with Crippen molar-refractivity contribution in [1.82, 2.24) is 15.4 Å². The standard InChI is InChI=1S/C17H27N3O4S/c1-18-10-11-19-16(21)14-6-5-7-15(12-14)25(23,24)20-13-17(22)8-3-2-4-9-17/h5-7,12,18,20,22H,2-4,8-11,13H2,1H3,(H,19,21). The molecule has 1 aromatic carbocycles. The second kappa shape index (κ2) is 8.75. The van der Waals surface area contributed by atoms with E-state index in [0.717, 1.165) is 19.3 Å². The lowest BCUT2D eigenvalue weighted by molar-refractivity contribution is 0.00945. The molecular weight excluding hydrogens is 342 g/mol. The Bertz CT molecular complexity index is 685. The summed E-state index contributed by atoms with van der Waals surface area (Å²) in [6.07, 6.45) is 4.08. The first-order chi connectivity index (χ1) is 11.9. The van der Waals surface area contributed by atoms with Crippen LogP contribution in [0.3, 0.4) is 0 Å². The van der Waals surface area contributed by atoms with Crippen LogP contribution >= 0.6 is 0 Å². The van der Waals surface area contributed by atoms with Crippen LogP contribution in [0.5, 0.6) is 0 Å². The van der Waals surface area contributed by atoms with E-state index in [1.165, 1.54) is 18.2 Å². The number of carbonyl (C=O) groups is 1. The molecule has 0 bridgehead atoms. The van der Waals surface area contributed by atoms with Crippen LogP contribution < -0.4 is 15.4 Å². The first-order valence-corrected chi connectivity index (χ1v) is 10.1. The molecule has 0 saturated heterocycles. The fourth-order valence-corrected chi connectivity index (χ4v) is 4.07. The highest BCUT2D eigenvalue weighted by atomic mass is 32.2. The molecule has 25 heavy (non-hydrogen) atoms. The Morgan fingerprint density at radius 2 is 1.92 bits per heavy atom. The zero-order chi connectivity index (χ0) is 18.3. The van der Waals surface area contributed by atoms with E-state index in [9.17, 15) is 18.3 Å². The monoisotopic (exact) mass is 369 g/mol. The van der Waals surface area contributed by atoms with Crippen molar-refractivity contribution in [2.45, 2.75) is 42.6 Å². The molecule has 0 atom stereocenters. The van der Waals surface area contributed by atoms with E-state index in [0.29, 0.717) is 25.9 Å². The zero-order valence-electron chi connectivity index (χ0n) is 14.5. The third-order valence-electron chi connectivity index (χ3n) is 4.44. The third kappa shape index (κ3) is 5.78. The van der Waals surface area contributed by atoms with E-state index >= 15 is 0 Å². The lowest BCUT2D eigenvalue weighted by atomic mass is 9.85. The molecule has 0 aromatic heterocycles. The number of nitrogens with one attached hydrogen (secondary N) is 3. The zero-order valence-corrected chi connectivity index (χ0v) is 15.4. The second-order valence-electron chi connectivity index (χ2n) is 6.50. The molecule has 7 nitrogen and oxygen atoms in total. The normalized spacial score (nSPS) is 17.2. The second-order valence-corrected chi connectivity index (χ2v) is 8.26. The van der Waals surface area contributed by atoms with Gasteiger partial charge in [0, 0.05) is 25.2 Å². The number of hydrogen-bond acceptors (Lipinski definition) is 5. The molecule has 4 N–H and O–H groups in total. The summed E-state index contributed by atoms with van der Waals surface area (Å²) >= 11 is 0. The van der Waals surface area contributed by atoms with Gasteiger partial charge < -0.3 is 15.7 Å². The topological polar surface area (TPSA) is 108 Å². The van der Waals surface area contributed by atoms with Crippen LogP contribution in [0.4, 0.5) is 0 Å². The van der Waals surface area contributed by atoms with Crippen LogP contribution in [-0.2, 0) is 10.0 Å². The molecule has 1 saturated carbocycles. The van der Waals surface area contributed by atoms with E-state index in [2.05, 4.69) is 15.4 Å². The van der Waals surface area contributed by atoms with Crippen molar-refractivity contribution in [3.63, 3.8) is 0 Å². The van der Waals surface area contributed by atoms with Crippen molar-refractivity contribution < 1.29 is 18.3 Å². The summed E-state index contributed by atoms with van der Waals surface area (Å²) in [7, 11) is -2.00. The number of aliphatic hydroxyl groups is 1. The molecule has 8 heteroatoms. The highest BCUT2D eigenvalue weighted by Crippen LogP contribution is 2.27. The van der Waals surface area contributed by atoms with Gasteiger partial charge in [0.1, 0.15) is 0 Å². The number of benzene rings is 1. The lowest BCUT2D eigenvalue weighted by Gasteiger charge is -2.32. The van der Waals surface area contributed by atoms with Crippen LogP contribution in [0.1, 0.15) is 42.5 Å². The van der Waals surface area contributed by atoms with Crippen LogP contribution in [-0.4, -0.2) is 51.7 Å². The molecule has 1 aromatic rings. The van der Waals surface area contributed by atoms with Crippen LogP contribution in [0, 0.1) is 0 Å². The lowest BCUT2D eigenvalue weighted by Crippen LogP contribution is -2.44. The maximum absolute atomic E-state index is 12.5. The first kappa shape index (κ1) is 19.8. The largest absolute Gasteiger partial charge is 0.389 e. The number of rotatable bonds is 8. The summed E-state index contributed by atoms with van der Waals surface area (Å²) in [5.41, 5.74) is -0.691. The van der Waals surface area contributed by atoms with Crippen LogP contribution in [0.25, 0.3) is 0 Å². The van der Waals surface area contributed by atoms with Crippen molar-refractivity contribution >= 4 is 15.9 Å². The fourth-order valence-electron chi connectivity index (χ4n) is 2.91. The summed E-state index contributed by atoms with van der Waals surface area (Å²) in [5.74, 6) is -0.321. The van der Waals surface area contributed by atoms with Crippen molar-refractivity contribution in [1.29, 1.82) is 0 Å². The SMILES string of the molecule is CNCCNC(=O)c1cccc(S(=O)(=O)NCC2(O)CCCCC2)c1. The predicted octanol–water partition coefficient (Wildman–Crippen LogP) is 0.609. The van der Waals surface area contributed by atoms with Crippen molar-refractivity contribution in [2.75, 3.05) is 26.7 Å². The van der Waals surface area contributed by atoms with Gasteiger partial charge in [-0.1, -0.05) is 25.3 Å². The van der Waals surface area contributed by atoms with E-state index < -0.39 is 15.6 Å². The molecule has 0 unspecified atom stereocenters. The van der Waals surface area contributed by atoms with Gasteiger partial charge in [-0.15, -0.1) is 0 Å². The van der Waals surface area contributed by atoms with Gasteiger partial charge in [-0.2, -0.15) is 0 Å². The van der Waals surface area contributed by atoms with E-state index in [1.807, 2.05) is 0 Å². The van der Waals surface area contributed by atoms with Gasteiger partial charge in [0.15, 0.2) is 0 Å². The van der Waals surface area contributed by atoms with Crippen LogP contribution in [0.2, 0.25) is 0 Å². The van der Waals surface area contributed by atoms with Gasteiger partial charge in [-0.05, 0) is 38.1 Å². The van der Waals surface area contributed by atoms with E-state index in [1.54, 1.807) is 13.1 Å². The van der Waals surface area contributed by atoms with Crippen LogP contribution in [0.15, 0.2) is 29.2 Å². The third-order valence-corrected chi connectivity index (χ3v) is 5.84. The number of carbonyl (C=O) groups excluding carboxylic acids is 1. The molecular formula is C17H27N3O4S. The van der Waals surface area contributed by atoms with Gasteiger partial charge in [0.25, 0.3) is 5.91 Å². The maximum atomic E-state index is 12.5. The molecule has 1 aliphatic carbocycles. The predicted molar refractivity (Wildman–Crippen MR) is 95.9 cm³/mol. The quantitative estimate of drug-likeness (QED) is 0.502. The number of amides is 1. The highest BCUT2D eigenvalue weighted by Gasteiger charge is 2.31. The Labute approximate surface area is 149 Å². The molecule has 140 valence electrons. The van der Waals surface area contributed by atoms with Gasteiger partial charge in [-0.3, -0.25) is 4.79 Å². The number of hydrogen-bond donors (Lipinski definition) is 4. The Kier molecular flexibility index (Phi) is 6.95. The van der Waals surface area contributed by atoms with Crippen molar-refractivity contribution in [3.05, 3.63) is 29.8 Å². The van der Waals surface area contributed by atoms with Crippen molar-refractivity contribution in [3.8, 4) is 0 Å². The number of likely N-dealkylation sites (N-methyl/N-ethyl adjacent to an activating group) is 1. The van der Waals surface area contributed by atoms with Gasteiger partial charge in [0.2, 0.25) is 10.0 Å². The summed E-state index contributed by atoms with van der Waals surface area (Å²) in [4.78, 5) is 12.1. The minimum Gasteiger partial charge on any atom is -0.389 e. The Morgan fingerprint density at radius 1 is 1.20 bits per heavy atom. The minimum atomic E-state index is -3.78. The molecule has 0 heterocycles. The molecule has 1 fully saturated rings. The van der Waals surface area contributed by atoms with E-state index in [4.69, 9.17) is 0 Å². The Morgan fingerprint density at radius 3 is 2.60 bits per heavy atom. The smallest absolute Gasteiger partial charge is 0.251 e. The average molecular weight is 369 g/mol. The molecule has 0 aliphatic heterocycles. The average Bonchev–Trinajstić information content (AvgIpc) is 2.61. The maximum Gasteiger partial charge on any atom is 0.251 e. The molecule has 0 radical (unpaired) electrons. The molecule has 1 aliphatic rings. The summed E-state index contributed by atoms with van der Waals surface area (Å²) in [6.45, 7) is 1.08. The number of sulfonamides is 1. The van der Waals surface area contributed by atoms with Gasteiger partial charge in [0.05, 0.1) is 10.5 Å². The first-order valence-electron chi connectivity index (χ1n) is 8.61. The molecule has 2 rings (SSSR count). The highest BCUT2D eigenvalue weighted by molar-refractivity contribution is 7.89. The summed E-state index contributed by atoms with van der Waals surface area (Å²) < 4.78 is 27.5. The summed E-state index contributed by atoms with van der Waals surface area (Å²) in [5, 5.41) is 16.1. The molecule has 1 amide bonds. The Balaban J connectivity index is 2.03.